The SMILES string of the molecule is CC1(C)C(NC(=O)c2ccc(N3CCC(CN4Cc5cc6c(cc5C4)C(=O)N(C4CCC(=O)NC4=O)C6=O)CC3)cc2)C(C)(C)C1Oc1ccc(C#N)c(F)c1. The summed E-state index contributed by atoms with van der Waals surface area (Å²) in [6.07, 6.45) is 1.94. The molecule has 3 aromatic carbocycles. The molecule has 1 atom stereocenters. The number of halogens is 1. The lowest BCUT2D eigenvalue weighted by atomic mass is 9.49. The van der Waals surface area contributed by atoms with Gasteiger partial charge >= 0.3 is 0 Å². The smallest absolute Gasteiger partial charge is 0.262 e. The molecule has 12 nitrogen and oxygen atoms in total. The van der Waals surface area contributed by atoms with Gasteiger partial charge < -0.3 is 15.0 Å². The highest BCUT2D eigenvalue weighted by Gasteiger charge is 2.64. The Balaban J connectivity index is 0.822. The average molecular weight is 761 g/mol. The molecular formula is C43H45FN6O6. The quantitative estimate of drug-likeness (QED) is 0.304. The topological polar surface area (TPSA) is 152 Å². The lowest BCUT2D eigenvalue weighted by molar-refractivity contribution is -0.164. The number of carbonyl (C=O) groups excluding carboxylic acids is 5. The van der Waals surface area contributed by atoms with Crippen LogP contribution < -0.4 is 20.3 Å². The molecule has 4 heterocycles. The summed E-state index contributed by atoms with van der Waals surface area (Å²) in [5, 5.41) is 14.5. The van der Waals surface area contributed by atoms with Crippen LogP contribution in [0.2, 0.25) is 0 Å². The van der Waals surface area contributed by atoms with Gasteiger partial charge in [-0.3, -0.25) is 39.1 Å². The fourth-order valence-corrected chi connectivity index (χ4v) is 9.94. The number of ether oxygens (including phenoxy) is 1. The molecule has 0 bridgehead atoms. The Morgan fingerprint density at radius 3 is 2.11 bits per heavy atom. The Bertz CT molecular complexity index is 2140. The molecular weight excluding hydrogens is 716 g/mol. The van der Waals surface area contributed by atoms with E-state index < -0.39 is 46.3 Å². The first-order valence-corrected chi connectivity index (χ1v) is 19.3. The molecule has 5 aliphatic rings. The number of fused-ring (bicyclic) bond motifs is 2. The summed E-state index contributed by atoms with van der Waals surface area (Å²) in [6.45, 7) is 12.2. The van der Waals surface area contributed by atoms with Crippen molar-refractivity contribution in [1.82, 2.24) is 20.4 Å². The van der Waals surface area contributed by atoms with E-state index in [9.17, 15) is 28.4 Å². The molecule has 8 rings (SSSR count). The molecule has 3 aromatic rings. The fraction of sp³-hybridized carbons (Fsp3) is 0.442. The van der Waals surface area contributed by atoms with Gasteiger partial charge in [0.1, 0.15) is 29.8 Å². The van der Waals surface area contributed by atoms with Crippen molar-refractivity contribution in [2.24, 2.45) is 16.7 Å². The van der Waals surface area contributed by atoms with E-state index in [4.69, 9.17) is 10.00 Å². The number of anilines is 1. The lowest BCUT2D eigenvalue weighted by Crippen LogP contribution is -2.74. The molecule has 13 heteroatoms. The predicted octanol–water partition coefficient (Wildman–Crippen LogP) is 4.94. The minimum Gasteiger partial charge on any atom is -0.489 e. The van der Waals surface area contributed by atoms with Crippen LogP contribution in [0.4, 0.5) is 10.1 Å². The second-order valence-corrected chi connectivity index (χ2v) is 17.1. The first kappa shape index (κ1) is 37.3. The van der Waals surface area contributed by atoms with Gasteiger partial charge in [-0.15, -0.1) is 0 Å². The van der Waals surface area contributed by atoms with Crippen molar-refractivity contribution in [3.63, 3.8) is 0 Å². The maximum absolute atomic E-state index is 14.2. The van der Waals surface area contributed by atoms with E-state index in [1.54, 1.807) is 6.07 Å². The molecule has 1 unspecified atom stereocenters. The number of benzene rings is 3. The highest BCUT2D eigenvalue weighted by molar-refractivity contribution is 6.23. The summed E-state index contributed by atoms with van der Waals surface area (Å²) in [7, 11) is 0. The molecule has 0 radical (unpaired) electrons. The number of piperidine rings is 2. The Morgan fingerprint density at radius 1 is 0.911 bits per heavy atom. The van der Waals surface area contributed by atoms with Crippen molar-refractivity contribution in [1.29, 1.82) is 5.26 Å². The molecule has 0 aromatic heterocycles. The van der Waals surface area contributed by atoms with E-state index >= 15 is 0 Å². The molecule has 2 saturated heterocycles. The minimum atomic E-state index is -0.972. The van der Waals surface area contributed by atoms with Crippen LogP contribution in [0.1, 0.15) is 101 Å². The van der Waals surface area contributed by atoms with Gasteiger partial charge in [0.15, 0.2) is 0 Å². The Morgan fingerprint density at radius 2 is 1.54 bits per heavy atom. The minimum absolute atomic E-state index is 0.0371. The van der Waals surface area contributed by atoms with E-state index in [2.05, 4.69) is 20.4 Å². The van der Waals surface area contributed by atoms with Crippen molar-refractivity contribution < 1.29 is 33.1 Å². The van der Waals surface area contributed by atoms with Crippen LogP contribution in [0.5, 0.6) is 5.75 Å². The second-order valence-electron chi connectivity index (χ2n) is 17.1. The zero-order valence-electron chi connectivity index (χ0n) is 32.0. The predicted molar refractivity (Wildman–Crippen MR) is 203 cm³/mol. The van der Waals surface area contributed by atoms with E-state index in [0.717, 1.165) is 54.2 Å². The third-order valence-corrected chi connectivity index (χ3v) is 12.6. The van der Waals surface area contributed by atoms with Crippen LogP contribution in [-0.2, 0) is 22.7 Å². The van der Waals surface area contributed by atoms with Gasteiger partial charge in [-0.05, 0) is 84.8 Å². The van der Waals surface area contributed by atoms with E-state index in [0.29, 0.717) is 41.4 Å². The monoisotopic (exact) mass is 760 g/mol. The molecule has 1 aliphatic carbocycles. The molecule has 56 heavy (non-hydrogen) atoms. The van der Waals surface area contributed by atoms with Crippen LogP contribution in [0, 0.1) is 33.9 Å². The Labute approximate surface area is 324 Å². The summed E-state index contributed by atoms with van der Waals surface area (Å²) >= 11 is 0. The average Bonchev–Trinajstić information content (AvgIpc) is 3.67. The van der Waals surface area contributed by atoms with E-state index in [1.165, 1.54) is 12.1 Å². The van der Waals surface area contributed by atoms with Gasteiger partial charge in [-0.2, -0.15) is 5.26 Å². The molecule has 1 saturated carbocycles. The van der Waals surface area contributed by atoms with Gasteiger partial charge in [0.25, 0.3) is 17.7 Å². The van der Waals surface area contributed by atoms with Crippen molar-refractivity contribution in [2.45, 2.75) is 84.7 Å². The number of hydrogen-bond donors (Lipinski definition) is 2. The van der Waals surface area contributed by atoms with Crippen LogP contribution in [0.15, 0.2) is 54.6 Å². The molecule has 3 fully saturated rings. The van der Waals surface area contributed by atoms with Crippen LogP contribution >= 0.6 is 0 Å². The zero-order valence-corrected chi connectivity index (χ0v) is 32.0. The standard InChI is InChI=1S/C43H45FN6O6/c1-42(2)40(43(3,4)41(42)56-30-10-7-26(20-45)33(44)19-30)47-36(52)25-5-8-29(9-6-25)49-15-13-24(14-16-49)21-48-22-27-17-31-32(18-28(27)23-48)39(55)50(38(31)54)34-11-12-35(51)46-37(34)53/h5-10,17-19,24,34,40-41H,11-16,21-23H2,1-4H3,(H,47,52)(H,46,51,53). The number of amides is 5. The molecule has 4 aliphatic heterocycles. The molecule has 0 spiro atoms. The first-order chi connectivity index (χ1) is 26.6. The maximum Gasteiger partial charge on any atom is 0.262 e. The number of hydrogen-bond acceptors (Lipinski definition) is 9. The highest BCUT2D eigenvalue weighted by Crippen LogP contribution is 2.55. The Kier molecular flexibility index (Phi) is 9.23. The number of nitrogens with zero attached hydrogens (tertiary/aromatic N) is 4. The number of imide groups is 2. The van der Waals surface area contributed by atoms with Crippen molar-refractivity contribution in [3.8, 4) is 11.8 Å². The van der Waals surface area contributed by atoms with Crippen LogP contribution in [-0.4, -0.2) is 77.2 Å². The van der Waals surface area contributed by atoms with Crippen LogP contribution in [0.3, 0.4) is 0 Å². The third kappa shape index (κ3) is 6.39. The van der Waals surface area contributed by atoms with Gasteiger partial charge in [0, 0.05) is 73.3 Å². The molecule has 2 N–H and O–H groups in total. The summed E-state index contributed by atoms with van der Waals surface area (Å²) in [5.41, 5.74) is 3.41. The van der Waals surface area contributed by atoms with Gasteiger partial charge in [-0.25, -0.2) is 4.39 Å². The van der Waals surface area contributed by atoms with E-state index in [-0.39, 0.29) is 36.5 Å². The summed E-state index contributed by atoms with van der Waals surface area (Å²) in [6, 6.07) is 16.2. The first-order valence-electron chi connectivity index (χ1n) is 19.3. The summed E-state index contributed by atoms with van der Waals surface area (Å²) in [4.78, 5) is 69.8. The number of carbonyl (C=O) groups is 5. The third-order valence-electron chi connectivity index (χ3n) is 12.6. The maximum atomic E-state index is 14.2. The van der Waals surface area contributed by atoms with Gasteiger partial charge in [0.05, 0.1) is 16.7 Å². The zero-order chi connectivity index (χ0) is 39.7. The van der Waals surface area contributed by atoms with Gasteiger partial charge in [0.2, 0.25) is 11.8 Å². The van der Waals surface area contributed by atoms with Gasteiger partial charge in [-0.1, -0.05) is 27.7 Å². The fourth-order valence-electron chi connectivity index (χ4n) is 9.94. The number of nitrogens with one attached hydrogen (secondary N) is 2. The number of nitriles is 1. The van der Waals surface area contributed by atoms with Crippen molar-refractivity contribution in [2.75, 3.05) is 24.5 Å². The van der Waals surface area contributed by atoms with Crippen molar-refractivity contribution >= 4 is 35.2 Å². The molecule has 5 amide bonds. The number of rotatable bonds is 8. The van der Waals surface area contributed by atoms with Crippen molar-refractivity contribution in [3.05, 3.63) is 93.8 Å². The summed E-state index contributed by atoms with van der Waals surface area (Å²) in [5.74, 6) is -1.91. The van der Waals surface area contributed by atoms with Crippen LogP contribution in [0.25, 0.3) is 0 Å². The highest BCUT2D eigenvalue weighted by atomic mass is 19.1. The largest absolute Gasteiger partial charge is 0.489 e. The lowest BCUT2D eigenvalue weighted by Gasteiger charge is -2.63. The molecule has 290 valence electrons. The van der Waals surface area contributed by atoms with E-state index in [1.807, 2.05) is 70.2 Å². The Hall–Kier alpha value is -5.61. The summed E-state index contributed by atoms with van der Waals surface area (Å²) < 4.78 is 20.5. The second kappa shape index (κ2) is 13.8. The normalized spacial score (nSPS) is 24.2.